The second-order valence-electron chi connectivity index (χ2n) is 8.21. The van der Waals surface area contributed by atoms with Gasteiger partial charge in [0.15, 0.2) is 0 Å². The molecule has 1 unspecified atom stereocenters. The lowest BCUT2D eigenvalue weighted by atomic mass is 9.82. The van der Waals surface area contributed by atoms with Gasteiger partial charge in [0.1, 0.15) is 24.4 Å². The number of nitrogens with zero attached hydrogens (tertiary/aromatic N) is 1. The third-order valence-electron chi connectivity index (χ3n) is 5.14. The number of nitrogens with one attached hydrogen (secondary N) is 2. The van der Waals surface area contributed by atoms with Crippen molar-refractivity contribution >= 4 is 17.8 Å². The van der Waals surface area contributed by atoms with Crippen LogP contribution in [0.1, 0.15) is 31.4 Å². The van der Waals surface area contributed by atoms with Crippen LogP contribution in [0.3, 0.4) is 0 Å². The first kappa shape index (κ1) is 22.3. The van der Waals surface area contributed by atoms with Crippen molar-refractivity contribution in [2.75, 3.05) is 19.7 Å². The van der Waals surface area contributed by atoms with E-state index in [1.54, 1.807) is 0 Å². The summed E-state index contributed by atoms with van der Waals surface area (Å²) in [4.78, 5) is 39.3. The predicted molar refractivity (Wildman–Crippen MR) is 118 cm³/mol. The van der Waals surface area contributed by atoms with E-state index in [0.29, 0.717) is 6.42 Å². The van der Waals surface area contributed by atoms with Crippen LogP contribution >= 0.6 is 0 Å². The highest BCUT2D eigenvalue weighted by molar-refractivity contribution is 6.09. The van der Waals surface area contributed by atoms with E-state index in [9.17, 15) is 14.4 Å². The summed E-state index contributed by atoms with van der Waals surface area (Å²) in [6, 6.07) is 16.3. The molecular weight excluding hydrogens is 394 g/mol. The van der Waals surface area contributed by atoms with E-state index in [0.717, 1.165) is 21.8 Å². The molecule has 0 aliphatic carbocycles. The first-order valence-electron chi connectivity index (χ1n) is 10.5. The largest absolute Gasteiger partial charge is 0.492 e. The van der Waals surface area contributed by atoms with Crippen LogP contribution in [0.15, 0.2) is 54.6 Å². The summed E-state index contributed by atoms with van der Waals surface area (Å²) in [6.07, 6.45) is 0.448. The molecule has 0 aromatic heterocycles. The summed E-state index contributed by atoms with van der Waals surface area (Å²) in [5.74, 6) is 0.0787. The quantitative estimate of drug-likeness (QED) is 0.479. The zero-order valence-electron chi connectivity index (χ0n) is 18.2. The fourth-order valence-electron chi connectivity index (χ4n) is 3.82. The smallest absolute Gasteiger partial charge is 0.325 e. The van der Waals surface area contributed by atoms with Crippen LogP contribution in [0.2, 0.25) is 0 Å². The zero-order valence-corrected chi connectivity index (χ0v) is 18.2. The summed E-state index contributed by atoms with van der Waals surface area (Å²) < 4.78 is 5.61. The number of rotatable bonds is 9. The summed E-state index contributed by atoms with van der Waals surface area (Å²) >= 11 is 0. The van der Waals surface area contributed by atoms with E-state index in [1.807, 2.05) is 75.4 Å². The van der Waals surface area contributed by atoms with Gasteiger partial charge in [0.25, 0.3) is 5.91 Å². The molecule has 0 radical (unpaired) electrons. The highest BCUT2D eigenvalue weighted by Gasteiger charge is 2.52. The minimum absolute atomic E-state index is 0.164. The van der Waals surface area contributed by atoms with Gasteiger partial charge in [0, 0.05) is 0 Å². The van der Waals surface area contributed by atoms with Gasteiger partial charge < -0.3 is 15.4 Å². The van der Waals surface area contributed by atoms with Crippen LogP contribution < -0.4 is 15.4 Å². The fourth-order valence-corrected chi connectivity index (χ4v) is 3.82. The van der Waals surface area contributed by atoms with Crippen molar-refractivity contribution in [2.24, 2.45) is 5.92 Å². The summed E-state index contributed by atoms with van der Waals surface area (Å²) in [5.41, 5.74) is 0.654. The maximum Gasteiger partial charge on any atom is 0.325 e. The molecular formula is C24H29N3O4. The average molecular weight is 424 g/mol. The molecule has 2 aromatic carbocycles. The minimum atomic E-state index is -1.15. The topological polar surface area (TPSA) is 87.7 Å². The maximum absolute atomic E-state index is 13.3. The molecule has 0 bridgehead atoms. The number of amides is 4. The van der Waals surface area contributed by atoms with Crippen molar-refractivity contribution in [3.63, 3.8) is 0 Å². The standard InChI is InChI=1S/C24H29N3O4/c1-17(2)15-24(19-9-5-4-6-10-19)22(29)27(23(30)26-24)16-21(28)25-12-13-31-20-11-7-8-18(3)14-20/h4-11,14,17H,12-13,15-16H2,1-3H3,(H,25,28)(H,26,30). The molecule has 1 saturated heterocycles. The number of imide groups is 1. The summed E-state index contributed by atoms with van der Waals surface area (Å²) in [6.45, 7) is 6.19. The number of hydrogen-bond acceptors (Lipinski definition) is 4. The molecule has 2 N–H and O–H groups in total. The Morgan fingerprint density at radius 3 is 2.55 bits per heavy atom. The fraction of sp³-hybridized carbons (Fsp3) is 0.375. The lowest BCUT2D eigenvalue weighted by Gasteiger charge is -2.29. The van der Waals surface area contributed by atoms with Crippen molar-refractivity contribution in [2.45, 2.75) is 32.7 Å². The van der Waals surface area contributed by atoms with Crippen molar-refractivity contribution in [3.8, 4) is 5.75 Å². The Hall–Kier alpha value is -3.35. The predicted octanol–water partition coefficient (Wildman–Crippen LogP) is 2.98. The van der Waals surface area contributed by atoms with Crippen LogP contribution in [-0.4, -0.2) is 42.4 Å². The Labute approximate surface area is 182 Å². The Balaban J connectivity index is 1.60. The highest BCUT2D eigenvalue weighted by atomic mass is 16.5. The molecule has 7 nitrogen and oxygen atoms in total. The molecule has 31 heavy (non-hydrogen) atoms. The van der Waals surface area contributed by atoms with Gasteiger partial charge in [-0.25, -0.2) is 4.79 Å². The van der Waals surface area contributed by atoms with Gasteiger partial charge in [0.2, 0.25) is 5.91 Å². The van der Waals surface area contributed by atoms with Gasteiger partial charge in [-0.15, -0.1) is 0 Å². The maximum atomic E-state index is 13.3. The number of carbonyl (C=O) groups excluding carboxylic acids is 3. The van der Waals surface area contributed by atoms with Crippen molar-refractivity contribution in [3.05, 3.63) is 65.7 Å². The first-order valence-corrected chi connectivity index (χ1v) is 10.5. The van der Waals surface area contributed by atoms with Crippen LogP contribution in [0.5, 0.6) is 5.75 Å². The zero-order chi connectivity index (χ0) is 22.4. The lowest BCUT2D eigenvalue weighted by Crippen LogP contribution is -2.46. The molecule has 1 fully saturated rings. The average Bonchev–Trinajstić information content (AvgIpc) is 2.96. The minimum Gasteiger partial charge on any atom is -0.492 e. The molecule has 1 aliphatic rings. The van der Waals surface area contributed by atoms with Gasteiger partial charge >= 0.3 is 6.03 Å². The van der Waals surface area contributed by atoms with E-state index in [1.165, 1.54) is 0 Å². The van der Waals surface area contributed by atoms with Gasteiger partial charge in [-0.1, -0.05) is 56.3 Å². The Morgan fingerprint density at radius 1 is 1.13 bits per heavy atom. The van der Waals surface area contributed by atoms with Gasteiger partial charge in [-0.3, -0.25) is 14.5 Å². The van der Waals surface area contributed by atoms with Crippen molar-refractivity contribution < 1.29 is 19.1 Å². The van der Waals surface area contributed by atoms with Gasteiger partial charge in [-0.05, 0) is 42.5 Å². The van der Waals surface area contributed by atoms with Gasteiger partial charge in [0.05, 0.1) is 6.54 Å². The molecule has 164 valence electrons. The third kappa shape index (κ3) is 5.23. The second-order valence-corrected chi connectivity index (χ2v) is 8.21. The van der Waals surface area contributed by atoms with Crippen LogP contribution in [0.25, 0.3) is 0 Å². The Morgan fingerprint density at radius 2 is 1.87 bits per heavy atom. The lowest BCUT2D eigenvalue weighted by molar-refractivity contribution is -0.135. The van der Waals surface area contributed by atoms with Crippen molar-refractivity contribution in [1.82, 2.24) is 15.5 Å². The molecule has 4 amide bonds. The monoisotopic (exact) mass is 423 g/mol. The Kier molecular flexibility index (Phi) is 6.95. The van der Waals surface area contributed by atoms with E-state index >= 15 is 0 Å². The summed E-state index contributed by atoms with van der Waals surface area (Å²) in [7, 11) is 0. The van der Waals surface area contributed by atoms with E-state index < -0.39 is 23.4 Å². The molecule has 3 rings (SSSR count). The number of benzene rings is 2. The number of carbonyl (C=O) groups is 3. The van der Waals surface area contributed by atoms with E-state index in [-0.39, 0.29) is 25.6 Å². The van der Waals surface area contributed by atoms with E-state index in [2.05, 4.69) is 10.6 Å². The second kappa shape index (κ2) is 9.64. The first-order chi connectivity index (χ1) is 14.8. The van der Waals surface area contributed by atoms with Crippen LogP contribution in [-0.2, 0) is 15.1 Å². The number of ether oxygens (including phenoxy) is 1. The van der Waals surface area contributed by atoms with Crippen LogP contribution in [0.4, 0.5) is 4.79 Å². The normalized spacial score (nSPS) is 18.3. The third-order valence-corrected chi connectivity index (χ3v) is 5.14. The molecule has 0 saturated carbocycles. The molecule has 1 heterocycles. The molecule has 7 heteroatoms. The number of hydrogen-bond donors (Lipinski definition) is 2. The summed E-state index contributed by atoms with van der Waals surface area (Å²) in [5, 5.41) is 5.55. The SMILES string of the molecule is Cc1cccc(OCCNC(=O)CN2C(=O)NC(CC(C)C)(c3ccccc3)C2=O)c1. The number of urea groups is 1. The van der Waals surface area contributed by atoms with Crippen LogP contribution in [0, 0.1) is 12.8 Å². The Bertz CT molecular complexity index is 945. The highest BCUT2D eigenvalue weighted by Crippen LogP contribution is 2.35. The molecule has 1 aliphatic heterocycles. The molecule has 2 aromatic rings. The molecule has 1 atom stereocenters. The molecule has 0 spiro atoms. The van der Waals surface area contributed by atoms with Crippen molar-refractivity contribution in [1.29, 1.82) is 0 Å². The van der Waals surface area contributed by atoms with Gasteiger partial charge in [-0.2, -0.15) is 0 Å². The van der Waals surface area contributed by atoms with E-state index in [4.69, 9.17) is 4.74 Å². The number of aryl methyl sites for hydroxylation is 1.